The minimum absolute atomic E-state index is 0.379. The average molecular weight is 293 g/mol. The van der Waals surface area contributed by atoms with E-state index in [0.717, 1.165) is 10.9 Å². The van der Waals surface area contributed by atoms with Crippen molar-refractivity contribution in [3.05, 3.63) is 64.1 Å². The lowest BCUT2D eigenvalue weighted by Crippen LogP contribution is -2.10. The Kier molecular flexibility index (Phi) is 3.19. The first-order valence-corrected chi connectivity index (χ1v) is 6.45. The summed E-state index contributed by atoms with van der Waals surface area (Å²) in [6.07, 6.45) is 3.41. The molecule has 0 bridgehead atoms. The average Bonchev–Trinajstić information content (AvgIpc) is 2.83. The largest absolute Gasteiger partial charge is 0.457 e. The fourth-order valence-corrected chi connectivity index (χ4v) is 2.52. The lowest BCUT2D eigenvalue weighted by atomic mass is 10.1. The van der Waals surface area contributed by atoms with Crippen molar-refractivity contribution in [2.75, 3.05) is 0 Å². The maximum Gasteiger partial charge on any atom is 0.153 e. The second kappa shape index (κ2) is 4.85. The molecule has 0 spiro atoms. The summed E-state index contributed by atoms with van der Waals surface area (Å²) >= 11 is 12.1. The van der Waals surface area contributed by atoms with E-state index >= 15 is 0 Å². The van der Waals surface area contributed by atoms with Crippen molar-refractivity contribution < 1.29 is 4.42 Å². The number of aromatic nitrogens is 1. The van der Waals surface area contributed by atoms with Crippen LogP contribution in [0, 0.1) is 0 Å². The Hall–Kier alpha value is -1.55. The van der Waals surface area contributed by atoms with Gasteiger partial charge in [-0.25, -0.2) is 0 Å². The molecular weight excluding hydrogens is 283 g/mol. The molecule has 19 heavy (non-hydrogen) atoms. The van der Waals surface area contributed by atoms with Gasteiger partial charge < -0.3 is 10.2 Å². The second-order valence-electron chi connectivity index (χ2n) is 4.22. The van der Waals surface area contributed by atoms with Gasteiger partial charge in [-0.1, -0.05) is 29.3 Å². The molecule has 0 saturated heterocycles. The Labute approximate surface area is 119 Å². The Morgan fingerprint density at radius 1 is 1.21 bits per heavy atom. The molecule has 0 radical (unpaired) electrons. The molecule has 5 heteroatoms. The number of nitrogens with two attached hydrogens (primary N) is 1. The van der Waals surface area contributed by atoms with Crippen molar-refractivity contribution in [1.82, 2.24) is 4.98 Å². The summed E-state index contributed by atoms with van der Waals surface area (Å²) in [5.41, 5.74) is 7.63. The maximum atomic E-state index is 6.16. The number of benzene rings is 1. The Balaban J connectivity index is 2.09. The number of rotatable bonds is 2. The van der Waals surface area contributed by atoms with Crippen LogP contribution < -0.4 is 5.73 Å². The van der Waals surface area contributed by atoms with Crippen LogP contribution in [0.25, 0.3) is 11.0 Å². The normalized spacial score (nSPS) is 12.8. The summed E-state index contributed by atoms with van der Waals surface area (Å²) in [6, 6.07) is 8.65. The van der Waals surface area contributed by atoms with E-state index in [1.54, 1.807) is 24.5 Å². The Bertz CT molecular complexity index is 725. The molecule has 0 aliphatic carbocycles. The summed E-state index contributed by atoms with van der Waals surface area (Å²) < 4.78 is 5.73. The monoisotopic (exact) mass is 292 g/mol. The number of fused-ring (bicyclic) bond motifs is 1. The van der Waals surface area contributed by atoms with E-state index in [1.165, 1.54) is 0 Å². The van der Waals surface area contributed by atoms with Crippen molar-refractivity contribution >= 4 is 34.2 Å². The molecule has 96 valence electrons. The minimum atomic E-state index is -0.379. The lowest BCUT2D eigenvalue weighted by Gasteiger charge is -2.07. The van der Waals surface area contributed by atoms with Gasteiger partial charge in [0.25, 0.3) is 0 Å². The molecule has 0 saturated carbocycles. The number of halogens is 2. The molecule has 0 aliphatic rings. The predicted octanol–water partition coefficient (Wildman–Crippen LogP) is 4.18. The fraction of sp³-hybridized carbons (Fsp3) is 0.0714. The highest BCUT2D eigenvalue weighted by Crippen LogP contribution is 2.33. The lowest BCUT2D eigenvalue weighted by molar-refractivity contribution is 0.524. The van der Waals surface area contributed by atoms with Crippen molar-refractivity contribution in [2.24, 2.45) is 5.73 Å². The van der Waals surface area contributed by atoms with E-state index in [4.69, 9.17) is 33.4 Å². The van der Waals surface area contributed by atoms with Gasteiger partial charge in [0.1, 0.15) is 5.76 Å². The maximum absolute atomic E-state index is 6.16. The standard InChI is InChI=1S/C14H10Cl2N2O/c15-10-4-9-5-12(19-14(9)11(16)6-10)13(17)8-2-1-3-18-7-8/h1-7,13H,17H2. The second-order valence-corrected chi connectivity index (χ2v) is 5.06. The number of hydrogen-bond donors (Lipinski definition) is 1. The highest BCUT2D eigenvalue weighted by Gasteiger charge is 2.16. The third kappa shape index (κ3) is 2.32. The van der Waals surface area contributed by atoms with E-state index in [2.05, 4.69) is 4.98 Å². The topological polar surface area (TPSA) is 52.0 Å². The quantitative estimate of drug-likeness (QED) is 0.771. The molecule has 3 nitrogen and oxygen atoms in total. The smallest absolute Gasteiger partial charge is 0.153 e. The third-order valence-electron chi connectivity index (χ3n) is 2.90. The summed E-state index contributed by atoms with van der Waals surface area (Å²) in [5, 5.41) is 1.89. The minimum Gasteiger partial charge on any atom is -0.457 e. The van der Waals surface area contributed by atoms with Gasteiger partial charge in [0.05, 0.1) is 11.1 Å². The van der Waals surface area contributed by atoms with Crippen molar-refractivity contribution in [3.63, 3.8) is 0 Å². The molecular formula is C14H10Cl2N2O. The van der Waals surface area contributed by atoms with Crippen molar-refractivity contribution in [3.8, 4) is 0 Å². The molecule has 2 aromatic heterocycles. The molecule has 0 amide bonds. The van der Waals surface area contributed by atoms with Crippen LogP contribution >= 0.6 is 23.2 Å². The van der Waals surface area contributed by atoms with Gasteiger partial charge in [0.15, 0.2) is 5.58 Å². The van der Waals surface area contributed by atoms with E-state index < -0.39 is 0 Å². The van der Waals surface area contributed by atoms with Crippen LogP contribution in [0.2, 0.25) is 10.0 Å². The number of nitrogens with zero attached hydrogens (tertiary/aromatic N) is 1. The zero-order valence-corrected chi connectivity index (χ0v) is 11.3. The molecule has 1 aromatic carbocycles. The van der Waals surface area contributed by atoms with Gasteiger partial charge in [-0.3, -0.25) is 4.98 Å². The van der Waals surface area contributed by atoms with Gasteiger partial charge in [0, 0.05) is 22.8 Å². The number of furan rings is 1. The van der Waals surface area contributed by atoms with Crippen LogP contribution in [0.5, 0.6) is 0 Å². The van der Waals surface area contributed by atoms with E-state index in [0.29, 0.717) is 21.4 Å². The van der Waals surface area contributed by atoms with Crippen LogP contribution in [-0.4, -0.2) is 4.98 Å². The molecule has 1 unspecified atom stereocenters. The van der Waals surface area contributed by atoms with E-state index in [-0.39, 0.29) is 6.04 Å². The summed E-state index contributed by atoms with van der Waals surface area (Å²) in [6.45, 7) is 0. The summed E-state index contributed by atoms with van der Waals surface area (Å²) in [7, 11) is 0. The molecule has 3 rings (SSSR count). The highest BCUT2D eigenvalue weighted by atomic mass is 35.5. The SMILES string of the molecule is NC(c1cccnc1)c1cc2cc(Cl)cc(Cl)c2o1. The first-order chi connectivity index (χ1) is 9.15. The van der Waals surface area contributed by atoms with Gasteiger partial charge in [-0.05, 0) is 29.8 Å². The van der Waals surface area contributed by atoms with Crippen molar-refractivity contribution in [2.45, 2.75) is 6.04 Å². The van der Waals surface area contributed by atoms with Gasteiger partial charge in [-0.15, -0.1) is 0 Å². The number of hydrogen-bond acceptors (Lipinski definition) is 3. The zero-order valence-electron chi connectivity index (χ0n) is 9.81. The van der Waals surface area contributed by atoms with Gasteiger partial charge in [-0.2, -0.15) is 0 Å². The molecule has 0 fully saturated rings. The van der Waals surface area contributed by atoms with E-state index in [1.807, 2.05) is 18.2 Å². The number of pyridine rings is 1. The predicted molar refractivity (Wildman–Crippen MR) is 76.5 cm³/mol. The molecule has 0 aliphatic heterocycles. The van der Waals surface area contributed by atoms with Crippen LogP contribution in [-0.2, 0) is 0 Å². The first kappa shape index (κ1) is 12.5. The molecule has 2 heterocycles. The molecule has 2 N–H and O–H groups in total. The van der Waals surface area contributed by atoms with Crippen molar-refractivity contribution in [1.29, 1.82) is 0 Å². The van der Waals surface area contributed by atoms with Gasteiger partial charge in [0.2, 0.25) is 0 Å². The Morgan fingerprint density at radius 2 is 2.05 bits per heavy atom. The van der Waals surface area contributed by atoms with Crippen LogP contribution in [0.3, 0.4) is 0 Å². The summed E-state index contributed by atoms with van der Waals surface area (Å²) in [5.74, 6) is 0.632. The van der Waals surface area contributed by atoms with Crippen LogP contribution in [0.4, 0.5) is 0 Å². The van der Waals surface area contributed by atoms with E-state index in [9.17, 15) is 0 Å². The third-order valence-corrected chi connectivity index (χ3v) is 3.40. The zero-order chi connectivity index (χ0) is 13.4. The first-order valence-electron chi connectivity index (χ1n) is 5.69. The summed E-state index contributed by atoms with van der Waals surface area (Å²) in [4.78, 5) is 4.05. The highest BCUT2D eigenvalue weighted by molar-refractivity contribution is 6.38. The Morgan fingerprint density at radius 3 is 2.79 bits per heavy atom. The van der Waals surface area contributed by atoms with Gasteiger partial charge >= 0.3 is 0 Å². The molecule has 1 atom stereocenters. The van der Waals surface area contributed by atoms with Crippen LogP contribution in [0.15, 0.2) is 47.1 Å². The van der Waals surface area contributed by atoms with Crippen LogP contribution in [0.1, 0.15) is 17.4 Å². The fourth-order valence-electron chi connectivity index (χ4n) is 1.97. The molecule has 3 aromatic rings.